The van der Waals surface area contributed by atoms with Crippen molar-refractivity contribution in [2.75, 3.05) is 18.1 Å². The van der Waals surface area contributed by atoms with Crippen LogP contribution in [-0.4, -0.2) is 29.3 Å². The maximum absolute atomic E-state index is 13.0. The Morgan fingerprint density at radius 3 is 2.60 bits per heavy atom. The Morgan fingerprint density at radius 2 is 2.08 bits per heavy atom. The summed E-state index contributed by atoms with van der Waals surface area (Å²) in [5.74, 6) is 0.692. The van der Waals surface area contributed by atoms with Gasteiger partial charge in [-0.2, -0.15) is 10.4 Å². The van der Waals surface area contributed by atoms with Crippen LogP contribution in [0.5, 0.6) is 5.75 Å². The van der Waals surface area contributed by atoms with Gasteiger partial charge in [0.05, 0.1) is 29.3 Å². The summed E-state index contributed by atoms with van der Waals surface area (Å²) >= 11 is 3.47. The van der Waals surface area contributed by atoms with Crippen molar-refractivity contribution in [3.8, 4) is 11.8 Å². The number of anilines is 1. The molecule has 0 aliphatic carbocycles. The van der Waals surface area contributed by atoms with Gasteiger partial charge in [-0.25, -0.2) is 0 Å². The summed E-state index contributed by atoms with van der Waals surface area (Å²) in [6, 6.07) is 9.33. The molecule has 1 aromatic heterocycles. The summed E-state index contributed by atoms with van der Waals surface area (Å²) in [5.41, 5.74) is 1.88. The molecule has 0 atom stereocenters. The molecule has 2 rings (SSSR count). The van der Waals surface area contributed by atoms with Crippen molar-refractivity contribution in [3.05, 3.63) is 40.1 Å². The molecule has 1 heterocycles. The monoisotopic (exact) mass is 404 g/mol. The number of hydrogen-bond donors (Lipinski definition) is 1. The van der Waals surface area contributed by atoms with Crippen LogP contribution < -0.4 is 9.64 Å². The predicted molar refractivity (Wildman–Crippen MR) is 99.9 cm³/mol. The topological polar surface area (TPSA) is 82.0 Å². The van der Waals surface area contributed by atoms with Crippen LogP contribution in [0, 0.1) is 11.3 Å². The largest absolute Gasteiger partial charge is 0.494 e. The lowest BCUT2D eigenvalue weighted by Crippen LogP contribution is -2.32. The molecule has 0 spiro atoms. The number of amides is 1. The van der Waals surface area contributed by atoms with E-state index in [0.29, 0.717) is 29.0 Å². The maximum atomic E-state index is 13.0. The number of ether oxygens (including phenoxy) is 1. The van der Waals surface area contributed by atoms with Crippen molar-refractivity contribution < 1.29 is 9.53 Å². The van der Waals surface area contributed by atoms with Crippen LogP contribution in [0.1, 0.15) is 49.3 Å². The first-order valence-electron chi connectivity index (χ1n) is 8.15. The molecule has 6 nitrogen and oxygen atoms in total. The Balaban J connectivity index is 2.33. The SMILES string of the molecule is CCOc1ccc(N(CCC#N)C(=O)c2n[nH]c(C(C)C)c2Br)cc1. The molecule has 0 aliphatic rings. The molecule has 1 amide bonds. The molecule has 132 valence electrons. The van der Waals surface area contributed by atoms with Gasteiger partial charge in [-0.1, -0.05) is 13.8 Å². The molecule has 2 aromatic rings. The summed E-state index contributed by atoms with van der Waals surface area (Å²) in [5, 5.41) is 16.0. The smallest absolute Gasteiger partial charge is 0.279 e. The lowest BCUT2D eigenvalue weighted by Gasteiger charge is -2.21. The highest BCUT2D eigenvalue weighted by Gasteiger charge is 2.25. The molecule has 7 heteroatoms. The molecule has 0 aliphatic heterocycles. The van der Waals surface area contributed by atoms with E-state index in [2.05, 4.69) is 32.2 Å². The van der Waals surface area contributed by atoms with Crippen LogP contribution in [-0.2, 0) is 0 Å². The van der Waals surface area contributed by atoms with Crippen molar-refractivity contribution in [3.63, 3.8) is 0 Å². The quantitative estimate of drug-likeness (QED) is 0.747. The van der Waals surface area contributed by atoms with Crippen molar-refractivity contribution in [1.29, 1.82) is 5.26 Å². The number of carbonyl (C=O) groups excluding carboxylic acids is 1. The molecule has 25 heavy (non-hydrogen) atoms. The minimum Gasteiger partial charge on any atom is -0.494 e. The fraction of sp³-hybridized carbons (Fsp3) is 0.389. The summed E-state index contributed by atoms with van der Waals surface area (Å²) in [7, 11) is 0. The van der Waals surface area contributed by atoms with Gasteiger partial charge in [0, 0.05) is 12.2 Å². The van der Waals surface area contributed by atoms with E-state index in [9.17, 15) is 4.79 Å². The number of aromatic amines is 1. The average Bonchev–Trinajstić information content (AvgIpc) is 2.98. The molecule has 0 saturated heterocycles. The number of aromatic nitrogens is 2. The number of nitrogens with one attached hydrogen (secondary N) is 1. The minimum absolute atomic E-state index is 0.210. The molecule has 0 unspecified atom stereocenters. The third-order valence-corrected chi connectivity index (χ3v) is 4.47. The number of H-pyrrole nitrogens is 1. The van der Waals surface area contributed by atoms with Gasteiger partial charge in [0.15, 0.2) is 5.69 Å². The van der Waals surface area contributed by atoms with Crippen molar-refractivity contribution in [2.24, 2.45) is 0 Å². The van der Waals surface area contributed by atoms with Gasteiger partial charge in [-0.05, 0) is 53.0 Å². The summed E-state index contributed by atoms with van der Waals surface area (Å²) in [6.07, 6.45) is 0.234. The van der Waals surface area contributed by atoms with Crippen LogP contribution in [0.2, 0.25) is 0 Å². The molecule has 1 aromatic carbocycles. The van der Waals surface area contributed by atoms with Gasteiger partial charge in [0.1, 0.15) is 5.75 Å². The molecule has 0 saturated carbocycles. The van der Waals surface area contributed by atoms with Crippen LogP contribution in [0.25, 0.3) is 0 Å². The van der Waals surface area contributed by atoms with Crippen LogP contribution >= 0.6 is 15.9 Å². The Bertz CT molecular complexity index is 762. The fourth-order valence-corrected chi connectivity index (χ4v) is 3.20. The van der Waals surface area contributed by atoms with Crippen LogP contribution in [0.3, 0.4) is 0 Å². The zero-order valence-corrected chi connectivity index (χ0v) is 16.1. The zero-order valence-electron chi connectivity index (χ0n) is 14.5. The van der Waals surface area contributed by atoms with E-state index in [1.807, 2.05) is 45.0 Å². The van der Waals surface area contributed by atoms with Crippen molar-refractivity contribution in [2.45, 2.75) is 33.1 Å². The van der Waals surface area contributed by atoms with Gasteiger partial charge >= 0.3 is 0 Å². The minimum atomic E-state index is -0.255. The Morgan fingerprint density at radius 1 is 1.40 bits per heavy atom. The highest BCUT2D eigenvalue weighted by molar-refractivity contribution is 9.10. The lowest BCUT2D eigenvalue weighted by atomic mass is 10.1. The first kappa shape index (κ1) is 19.0. The first-order chi connectivity index (χ1) is 12.0. The number of halogens is 1. The van der Waals surface area contributed by atoms with E-state index in [0.717, 1.165) is 11.4 Å². The molecule has 0 bridgehead atoms. The molecule has 1 N–H and O–H groups in total. The van der Waals surface area contributed by atoms with Crippen molar-refractivity contribution in [1.82, 2.24) is 10.2 Å². The Kier molecular flexibility index (Phi) is 6.59. The zero-order chi connectivity index (χ0) is 18.4. The van der Waals surface area contributed by atoms with Gasteiger partial charge in [-0.15, -0.1) is 0 Å². The first-order valence-corrected chi connectivity index (χ1v) is 8.94. The van der Waals surface area contributed by atoms with E-state index < -0.39 is 0 Å². The number of carbonyl (C=O) groups is 1. The second kappa shape index (κ2) is 8.67. The second-order valence-corrected chi connectivity index (χ2v) is 6.54. The summed E-state index contributed by atoms with van der Waals surface area (Å²) in [6.45, 7) is 6.82. The predicted octanol–water partition coefficient (Wildman–Crippen LogP) is 4.25. The summed E-state index contributed by atoms with van der Waals surface area (Å²) < 4.78 is 6.10. The molecular weight excluding hydrogens is 384 g/mol. The highest BCUT2D eigenvalue weighted by atomic mass is 79.9. The fourth-order valence-electron chi connectivity index (χ4n) is 2.39. The van der Waals surface area contributed by atoms with Crippen LogP contribution in [0.15, 0.2) is 28.7 Å². The Hall–Kier alpha value is -2.33. The second-order valence-electron chi connectivity index (χ2n) is 5.75. The summed E-state index contributed by atoms with van der Waals surface area (Å²) in [4.78, 5) is 14.6. The van der Waals surface area contributed by atoms with Gasteiger partial charge in [0.25, 0.3) is 5.91 Å². The van der Waals surface area contributed by atoms with E-state index in [-0.39, 0.29) is 18.2 Å². The van der Waals surface area contributed by atoms with Gasteiger partial charge in [0.2, 0.25) is 0 Å². The maximum Gasteiger partial charge on any atom is 0.279 e. The number of rotatable bonds is 7. The highest BCUT2D eigenvalue weighted by Crippen LogP contribution is 2.28. The van der Waals surface area contributed by atoms with Crippen molar-refractivity contribution >= 4 is 27.5 Å². The average molecular weight is 405 g/mol. The van der Waals surface area contributed by atoms with E-state index in [1.54, 1.807) is 4.90 Å². The number of nitriles is 1. The third kappa shape index (κ3) is 4.40. The van der Waals surface area contributed by atoms with E-state index in [4.69, 9.17) is 10.00 Å². The molecule has 0 radical (unpaired) electrons. The molecule has 0 fully saturated rings. The molecular formula is C18H21BrN4O2. The standard InChI is InChI=1S/C18H21BrN4O2/c1-4-25-14-8-6-13(7-9-14)23(11-5-10-20)18(24)17-15(19)16(12(2)3)21-22-17/h6-9,12H,4-5,11H2,1-3H3,(H,21,22). The Labute approximate surface area is 155 Å². The normalized spacial score (nSPS) is 10.6. The van der Waals surface area contributed by atoms with E-state index >= 15 is 0 Å². The lowest BCUT2D eigenvalue weighted by molar-refractivity contribution is 0.0982. The van der Waals surface area contributed by atoms with Crippen LogP contribution in [0.4, 0.5) is 5.69 Å². The number of hydrogen-bond acceptors (Lipinski definition) is 4. The van der Waals surface area contributed by atoms with Gasteiger partial charge in [-0.3, -0.25) is 9.89 Å². The van der Waals surface area contributed by atoms with Gasteiger partial charge < -0.3 is 9.64 Å². The number of nitrogens with zero attached hydrogens (tertiary/aromatic N) is 3. The third-order valence-electron chi connectivity index (χ3n) is 3.66. The number of benzene rings is 1. The van der Waals surface area contributed by atoms with E-state index in [1.165, 1.54) is 0 Å².